The first kappa shape index (κ1) is 21.4. The highest BCUT2D eigenvalue weighted by Crippen LogP contribution is 2.40. The molecular weight excluding hydrogens is 432 g/mol. The van der Waals surface area contributed by atoms with E-state index >= 15 is 0 Å². The van der Waals surface area contributed by atoms with Crippen LogP contribution in [-0.4, -0.2) is 41.6 Å². The molecule has 8 heteroatoms. The van der Waals surface area contributed by atoms with Crippen molar-refractivity contribution in [3.63, 3.8) is 0 Å². The molecule has 0 radical (unpaired) electrons. The number of hydrogen-bond donors (Lipinski definition) is 1. The Morgan fingerprint density at radius 1 is 0.912 bits per heavy atom. The fourth-order valence-electron chi connectivity index (χ4n) is 4.32. The van der Waals surface area contributed by atoms with Gasteiger partial charge in [0.05, 0.1) is 24.0 Å². The van der Waals surface area contributed by atoms with E-state index in [2.05, 4.69) is 10.2 Å². The summed E-state index contributed by atoms with van der Waals surface area (Å²) in [6.07, 6.45) is 0.104. The number of ether oxygens (including phenoxy) is 1. The number of aromatic amines is 1. The molecule has 0 saturated carbocycles. The number of amides is 2. The number of esters is 1. The van der Waals surface area contributed by atoms with E-state index in [0.717, 1.165) is 10.9 Å². The zero-order chi connectivity index (χ0) is 23.7. The monoisotopic (exact) mass is 454 g/mol. The third-order valence-electron chi connectivity index (χ3n) is 5.97. The van der Waals surface area contributed by atoms with E-state index in [9.17, 15) is 14.4 Å². The van der Waals surface area contributed by atoms with E-state index in [1.165, 1.54) is 12.0 Å². The fourth-order valence-corrected chi connectivity index (χ4v) is 4.32. The Kier molecular flexibility index (Phi) is 5.55. The summed E-state index contributed by atoms with van der Waals surface area (Å²) < 4.78 is 4.85. The van der Waals surface area contributed by atoms with Crippen molar-refractivity contribution in [1.82, 2.24) is 10.2 Å². The molecule has 0 spiro atoms. The number of aromatic nitrogens is 2. The maximum Gasteiger partial charge on any atom is 0.325 e. The van der Waals surface area contributed by atoms with Gasteiger partial charge in [-0.3, -0.25) is 29.3 Å². The molecule has 4 aromatic rings. The normalized spacial score (nSPS) is 15.9. The van der Waals surface area contributed by atoms with Crippen LogP contribution in [0.4, 0.5) is 17.1 Å². The zero-order valence-electron chi connectivity index (χ0n) is 18.5. The fraction of sp³-hybridized carbons (Fsp3) is 0.154. The van der Waals surface area contributed by atoms with Gasteiger partial charge >= 0.3 is 5.97 Å². The number of nitrogens with zero attached hydrogens (tertiary/aromatic N) is 3. The number of carbonyl (C=O) groups is 3. The molecule has 3 aromatic carbocycles. The van der Waals surface area contributed by atoms with Crippen LogP contribution in [0.1, 0.15) is 5.69 Å². The summed E-state index contributed by atoms with van der Waals surface area (Å²) in [5.74, 6) is -2.51. The third-order valence-corrected chi connectivity index (χ3v) is 5.97. The molecule has 170 valence electrons. The smallest absolute Gasteiger partial charge is 0.325 e. The van der Waals surface area contributed by atoms with Crippen molar-refractivity contribution in [2.45, 2.75) is 6.42 Å². The van der Waals surface area contributed by atoms with Crippen LogP contribution in [0.2, 0.25) is 0 Å². The van der Waals surface area contributed by atoms with Crippen molar-refractivity contribution in [3.05, 3.63) is 84.6 Å². The molecule has 2 heterocycles. The molecule has 0 unspecified atom stereocenters. The Bertz CT molecular complexity index is 1380. The Labute approximate surface area is 195 Å². The molecule has 34 heavy (non-hydrogen) atoms. The summed E-state index contributed by atoms with van der Waals surface area (Å²) >= 11 is 0. The Hall–Kier alpha value is -4.46. The van der Waals surface area contributed by atoms with Gasteiger partial charge in [-0.15, -0.1) is 0 Å². The predicted octanol–water partition coefficient (Wildman–Crippen LogP) is 3.61. The van der Waals surface area contributed by atoms with E-state index in [1.54, 1.807) is 29.2 Å². The lowest BCUT2D eigenvalue weighted by atomic mass is 9.98. The first-order valence-corrected chi connectivity index (χ1v) is 10.9. The Morgan fingerprint density at radius 2 is 1.59 bits per heavy atom. The van der Waals surface area contributed by atoms with Gasteiger partial charge in [0.1, 0.15) is 12.5 Å². The minimum atomic E-state index is -1.08. The summed E-state index contributed by atoms with van der Waals surface area (Å²) in [7, 11) is 1.27. The van der Waals surface area contributed by atoms with Crippen LogP contribution in [0.5, 0.6) is 0 Å². The number of benzene rings is 3. The topological polar surface area (TPSA) is 95.6 Å². The van der Waals surface area contributed by atoms with Crippen molar-refractivity contribution >= 4 is 45.7 Å². The lowest BCUT2D eigenvalue weighted by Crippen LogP contribution is -2.44. The lowest BCUT2D eigenvalue weighted by molar-refractivity contribution is -0.141. The van der Waals surface area contributed by atoms with Crippen molar-refractivity contribution in [2.24, 2.45) is 5.92 Å². The molecule has 8 nitrogen and oxygen atoms in total. The second kappa shape index (κ2) is 8.82. The number of H-pyrrole nitrogens is 1. The highest BCUT2D eigenvalue weighted by atomic mass is 16.5. The number of nitrogens with one attached hydrogen (secondary N) is 1. The second-order valence-corrected chi connectivity index (χ2v) is 7.97. The SMILES string of the molecule is COC(=O)CN1C(=O)[C@H](Cc2[nH]nc3ccccc23)C(=O)N(c2ccccc2)c2ccccc21. The van der Waals surface area contributed by atoms with E-state index in [0.29, 0.717) is 22.8 Å². The van der Waals surface area contributed by atoms with Crippen LogP contribution in [0.3, 0.4) is 0 Å². The average Bonchev–Trinajstić information content (AvgIpc) is 3.26. The summed E-state index contributed by atoms with van der Waals surface area (Å²) in [6.45, 7) is -0.303. The summed E-state index contributed by atoms with van der Waals surface area (Å²) in [5.41, 5.74) is 3.05. The number of anilines is 3. The van der Waals surface area contributed by atoms with Gasteiger partial charge in [0.2, 0.25) is 11.8 Å². The highest BCUT2D eigenvalue weighted by molar-refractivity contribution is 6.21. The lowest BCUT2D eigenvalue weighted by Gasteiger charge is -2.25. The molecule has 1 aliphatic rings. The van der Waals surface area contributed by atoms with Gasteiger partial charge in [0, 0.05) is 23.2 Å². The van der Waals surface area contributed by atoms with Gasteiger partial charge in [-0.2, -0.15) is 5.10 Å². The summed E-state index contributed by atoms with van der Waals surface area (Å²) in [5, 5.41) is 8.13. The molecule has 1 N–H and O–H groups in total. The van der Waals surface area contributed by atoms with E-state index < -0.39 is 17.8 Å². The van der Waals surface area contributed by atoms with Crippen LogP contribution in [0.15, 0.2) is 78.9 Å². The summed E-state index contributed by atoms with van der Waals surface area (Å²) in [4.78, 5) is 43.0. The average molecular weight is 454 g/mol. The van der Waals surface area contributed by atoms with Crippen molar-refractivity contribution in [2.75, 3.05) is 23.5 Å². The van der Waals surface area contributed by atoms with Gasteiger partial charge in [0.25, 0.3) is 0 Å². The molecular formula is C26H22N4O4. The van der Waals surface area contributed by atoms with Crippen LogP contribution in [0.25, 0.3) is 10.9 Å². The van der Waals surface area contributed by atoms with Gasteiger partial charge in [-0.05, 0) is 30.3 Å². The van der Waals surface area contributed by atoms with Crippen molar-refractivity contribution in [1.29, 1.82) is 0 Å². The zero-order valence-corrected chi connectivity index (χ0v) is 18.5. The van der Waals surface area contributed by atoms with Gasteiger partial charge in [-0.1, -0.05) is 48.5 Å². The highest BCUT2D eigenvalue weighted by Gasteiger charge is 2.42. The molecule has 5 rings (SSSR count). The quantitative estimate of drug-likeness (QED) is 0.367. The number of fused-ring (bicyclic) bond motifs is 2. The van der Waals surface area contributed by atoms with Gasteiger partial charge in [0.15, 0.2) is 0 Å². The minimum Gasteiger partial charge on any atom is -0.468 e. The van der Waals surface area contributed by atoms with E-state index in [4.69, 9.17) is 4.74 Å². The minimum absolute atomic E-state index is 0.104. The second-order valence-electron chi connectivity index (χ2n) is 7.97. The van der Waals surface area contributed by atoms with Crippen molar-refractivity contribution < 1.29 is 19.1 Å². The molecule has 2 amide bonds. The number of carbonyl (C=O) groups excluding carboxylic acids is 3. The van der Waals surface area contributed by atoms with E-state index in [1.807, 2.05) is 54.6 Å². The summed E-state index contributed by atoms with van der Waals surface area (Å²) in [6, 6.07) is 23.8. The standard InChI is InChI=1S/C26H22N4O4/c1-34-24(31)16-29-22-13-7-8-14-23(22)30(17-9-3-2-4-10-17)26(33)19(25(29)32)15-21-18-11-5-6-12-20(18)27-28-21/h2-14,19H,15-16H2,1H3,(H,27,28)/t19-/m0/s1. The van der Waals surface area contributed by atoms with Gasteiger partial charge in [-0.25, -0.2) is 0 Å². The van der Waals surface area contributed by atoms with Crippen LogP contribution in [-0.2, 0) is 25.5 Å². The number of para-hydroxylation sites is 4. The maximum absolute atomic E-state index is 14.0. The largest absolute Gasteiger partial charge is 0.468 e. The Morgan fingerprint density at radius 3 is 2.35 bits per heavy atom. The molecule has 0 saturated heterocycles. The third kappa shape index (κ3) is 3.69. The van der Waals surface area contributed by atoms with Crippen molar-refractivity contribution in [3.8, 4) is 0 Å². The van der Waals surface area contributed by atoms with Gasteiger partial charge < -0.3 is 4.74 Å². The van der Waals surface area contributed by atoms with Crippen LogP contribution >= 0.6 is 0 Å². The molecule has 1 atom stereocenters. The molecule has 0 bridgehead atoms. The number of rotatable bonds is 5. The Balaban J connectivity index is 1.66. The maximum atomic E-state index is 14.0. The van der Waals surface area contributed by atoms with Crippen LogP contribution in [0, 0.1) is 5.92 Å². The molecule has 1 aliphatic heterocycles. The molecule has 0 aliphatic carbocycles. The molecule has 1 aromatic heterocycles. The van der Waals surface area contributed by atoms with E-state index in [-0.39, 0.29) is 18.9 Å². The first-order valence-electron chi connectivity index (χ1n) is 10.9. The first-order chi connectivity index (χ1) is 16.6. The number of methoxy groups -OCH3 is 1. The predicted molar refractivity (Wildman–Crippen MR) is 128 cm³/mol. The van der Waals surface area contributed by atoms with Crippen LogP contribution < -0.4 is 9.80 Å². The number of hydrogen-bond acceptors (Lipinski definition) is 5. The molecule has 0 fully saturated rings.